The lowest BCUT2D eigenvalue weighted by Crippen LogP contribution is -2.50. The third-order valence-electron chi connectivity index (χ3n) is 4.13. The van der Waals surface area contributed by atoms with Gasteiger partial charge in [-0.2, -0.15) is 4.31 Å². The third kappa shape index (κ3) is 4.68. The van der Waals surface area contributed by atoms with Crippen LogP contribution in [0.3, 0.4) is 0 Å². The van der Waals surface area contributed by atoms with E-state index in [2.05, 4.69) is 15.9 Å². The predicted molar refractivity (Wildman–Crippen MR) is 107 cm³/mol. The van der Waals surface area contributed by atoms with Crippen LogP contribution in [-0.4, -0.2) is 55.5 Å². The highest BCUT2D eigenvalue weighted by molar-refractivity contribution is 9.10. The van der Waals surface area contributed by atoms with Crippen LogP contribution in [-0.2, 0) is 14.8 Å². The lowest BCUT2D eigenvalue weighted by molar-refractivity contribution is -0.129. The first kappa shape index (κ1) is 19.4. The molecule has 1 aliphatic rings. The Balaban J connectivity index is 1.54. The molecule has 0 saturated carbocycles. The van der Waals surface area contributed by atoms with E-state index in [1.807, 2.05) is 24.3 Å². The monoisotopic (exact) mass is 454 g/mol. The van der Waals surface area contributed by atoms with Crippen LogP contribution in [0.2, 0.25) is 0 Å². The van der Waals surface area contributed by atoms with Crippen LogP contribution in [0.15, 0.2) is 68.9 Å². The molecule has 1 amide bonds. The number of amides is 1. The lowest BCUT2D eigenvalue weighted by Gasteiger charge is -2.34. The minimum Gasteiger partial charge on any atom is -0.339 e. The summed E-state index contributed by atoms with van der Waals surface area (Å²) in [6, 6.07) is 16.2. The molecule has 2 aromatic carbocycles. The zero-order valence-corrected chi connectivity index (χ0v) is 17.3. The normalized spacial score (nSPS) is 15.8. The number of piperazine rings is 1. The Bertz CT molecular complexity index is 867. The minimum atomic E-state index is -3.49. The molecule has 5 nitrogen and oxygen atoms in total. The fourth-order valence-corrected chi connectivity index (χ4v) is 5.56. The number of sulfonamides is 1. The number of benzene rings is 2. The van der Waals surface area contributed by atoms with Crippen molar-refractivity contribution in [2.24, 2.45) is 0 Å². The summed E-state index contributed by atoms with van der Waals surface area (Å²) in [4.78, 5) is 15.5. The largest absolute Gasteiger partial charge is 0.339 e. The summed E-state index contributed by atoms with van der Waals surface area (Å²) in [6.45, 7) is 1.49. The number of carbonyl (C=O) groups is 1. The molecule has 1 saturated heterocycles. The van der Waals surface area contributed by atoms with E-state index < -0.39 is 10.0 Å². The molecule has 0 aliphatic carbocycles. The molecule has 0 N–H and O–H groups in total. The molecule has 1 aliphatic heterocycles. The average Bonchev–Trinajstić information content (AvgIpc) is 2.67. The van der Waals surface area contributed by atoms with E-state index in [1.165, 1.54) is 16.1 Å². The van der Waals surface area contributed by atoms with Gasteiger partial charge in [-0.05, 0) is 30.3 Å². The average molecular weight is 455 g/mol. The number of nitrogens with zero attached hydrogens (tertiary/aromatic N) is 2. The fraction of sp³-hybridized carbons (Fsp3) is 0.278. The number of halogens is 1. The van der Waals surface area contributed by atoms with Crippen LogP contribution in [0.25, 0.3) is 0 Å². The third-order valence-corrected chi connectivity index (χ3v) is 7.52. The van der Waals surface area contributed by atoms with E-state index in [9.17, 15) is 13.2 Å². The molecule has 8 heteroatoms. The van der Waals surface area contributed by atoms with Gasteiger partial charge >= 0.3 is 0 Å². The van der Waals surface area contributed by atoms with Crippen molar-refractivity contribution >= 4 is 43.6 Å². The van der Waals surface area contributed by atoms with Crippen molar-refractivity contribution < 1.29 is 13.2 Å². The molecule has 3 rings (SSSR count). The van der Waals surface area contributed by atoms with Crippen molar-refractivity contribution in [3.8, 4) is 0 Å². The number of rotatable bonds is 5. The van der Waals surface area contributed by atoms with Crippen LogP contribution in [0, 0.1) is 0 Å². The van der Waals surface area contributed by atoms with Crippen molar-refractivity contribution in [2.75, 3.05) is 31.9 Å². The lowest BCUT2D eigenvalue weighted by atomic mass is 10.3. The van der Waals surface area contributed by atoms with E-state index in [0.717, 1.165) is 9.37 Å². The summed E-state index contributed by atoms with van der Waals surface area (Å²) in [6.07, 6.45) is 0. The van der Waals surface area contributed by atoms with Crippen LogP contribution in [0.5, 0.6) is 0 Å². The number of thioether (sulfide) groups is 1. The molecule has 26 heavy (non-hydrogen) atoms. The van der Waals surface area contributed by atoms with Gasteiger partial charge in [-0.15, -0.1) is 11.8 Å². The molecule has 1 fully saturated rings. The first-order valence-corrected chi connectivity index (χ1v) is 11.4. The second-order valence-corrected chi connectivity index (χ2v) is 9.75. The molecular weight excluding hydrogens is 436 g/mol. The molecule has 138 valence electrons. The zero-order chi connectivity index (χ0) is 18.6. The first-order valence-electron chi connectivity index (χ1n) is 8.18. The van der Waals surface area contributed by atoms with Gasteiger partial charge in [-0.25, -0.2) is 8.42 Å². The molecule has 0 bridgehead atoms. The maximum absolute atomic E-state index is 12.6. The topological polar surface area (TPSA) is 57.7 Å². The van der Waals surface area contributed by atoms with E-state index >= 15 is 0 Å². The molecule has 0 spiro atoms. The Morgan fingerprint density at radius 2 is 1.69 bits per heavy atom. The van der Waals surface area contributed by atoms with Gasteiger partial charge < -0.3 is 4.90 Å². The summed E-state index contributed by atoms with van der Waals surface area (Å²) < 4.78 is 27.7. The molecule has 0 aromatic heterocycles. The fourth-order valence-electron chi connectivity index (χ4n) is 2.71. The second-order valence-electron chi connectivity index (χ2n) is 5.84. The zero-order valence-electron chi connectivity index (χ0n) is 14.0. The summed E-state index contributed by atoms with van der Waals surface area (Å²) >= 11 is 4.91. The molecular formula is C18H19BrN2O3S2. The van der Waals surface area contributed by atoms with Gasteiger partial charge in [-0.3, -0.25) is 4.79 Å². The standard InChI is InChI=1S/C18H19BrN2O3S2/c19-15-5-4-6-16(13-15)25-14-18(22)20-9-11-21(12-10-20)26(23,24)17-7-2-1-3-8-17/h1-8,13H,9-12,14H2. The highest BCUT2D eigenvalue weighted by Crippen LogP contribution is 2.23. The molecule has 0 unspecified atom stereocenters. The Kier molecular flexibility index (Phi) is 6.39. The molecule has 0 atom stereocenters. The molecule has 1 heterocycles. The van der Waals surface area contributed by atoms with Crippen LogP contribution >= 0.6 is 27.7 Å². The van der Waals surface area contributed by atoms with E-state index in [4.69, 9.17) is 0 Å². The molecule has 2 aromatic rings. The summed E-state index contributed by atoms with van der Waals surface area (Å²) in [5.41, 5.74) is 0. The van der Waals surface area contributed by atoms with Crippen molar-refractivity contribution in [1.82, 2.24) is 9.21 Å². The molecule has 0 radical (unpaired) electrons. The summed E-state index contributed by atoms with van der Waals surface area (Å²) in [7, 11) is -3.49. The van der Waals surface area contributed by atoms with Gasteiger partial charge in [-0.1, -0.05) is 40.2 Å². The quantitative estimate of drug-likeness (QED) is 0.651. The highest BCUT2D eigenvalue weighted by atomic mass is 79.9. The highest BCUT2D eigenvalue weighted by Gasteiger charge is 2.29. The van der Waals surface area contributed by atoms with Crippen molar-refractivity contribution in [1.29, 1.82) is 0 Å². The SMILES string of the molecule is O=C(CSc1cccc(Br)c1)N1CCN(S(=O)(=O)c2ccccc2)CC1. The van der Waals surface area contributed by atoms with Crippen molar-refractivity contribution in [3.05, 3.63) is 59.1 Å². The Morgan fingerprint density at radius 1 is 1.00 bits per heavy atom. The number of hydrogen-bond donors (Lipinski definition) is 0. The Hall–Kier alpha value is -1.35. The van der Waals surface area contributed by atoms with Gasteiger partial charge in [0, 0.05) is 35.5 Å². The maximum atomic E-state index is 12.6. The maximum Gasteiger partial charge on any atom is 0.243 e. The van der Waals surface area contributed by atoms with E-state index in [1.54, 1.807) is 35.2 Å². The van der Waals surface area contributed by atoms with Gasteiger partial charge in [0.1, 0.15) is 0 Å². The van der Waals surface area contributed by atoms with Gasteiger partial charge in [0.05, 0.1) is 10.6 Å². The second kappa shape index (κ2) is 8.56. The van der Waals surface area contributed by atoms with Gasteiger partial charge in [0.2, 0.25) is 15.9 Å². The first-order chi connectivity index (χ1) is 12.5. The minimum absolute atomic E-state index is 0.0340. The number of hydrogen-bond acceptors (Lipinski definition) is 4. The predicted octanol–water partition coefficient (Wildman–Crippen LogP) is 3.07. The van der Waals surface area contributed by atoms with Crippen LogP contribution in [0.1, 0.15) is 0 Å². The number of carbonyl (C=O) groups excluding carboxylic acids is 1. The van der Waals surface area contributed by atoms with E-state index in [0.29, 0.717) is 36.8 Å². The van der Waals surface area contributed by atoms with Crippen LogP contribution < -0.4 is 0 Å². The van der Waals surface area contributed by atoms with Crippen molar-refractivity contribution in [3.63, 3.8) is 0 Å². The Labute approximate surface area is 166 Å². The van der Waals surface area contributed by atoms with E-state index in [-0.39, 0.29) is 5.91 Å². The van der Waals surface area contributed by atoms with Gasteiger partial charge in [0.25, 0.3) is 0 Å². The summed E-state index contributed by atoms with van der Waals surface area (Å²) in [5.74, 6) is 0.383. The van der Waals surface area contributed by atoms with Gasteiger partial charge in [0.15, 0.2) is 0 Å². The Morgan fingerprint density at radius 3 is 2.35 bits per heavy atom. The van der Waals surface area contributed by atoms with Crippen LogP contribution in [0.4, 0.5) is 0 Å². The van der Waals surface area contributed by atoms with Crippen molar-refractivity contribution in [2.45, 2.75) is 9.79 Å². The summed E-state index contributed by atoms with van der Waals surface area (Å²) in [5, 5.41) is 0. The smallest absolute Gasteiger partial charge is 0.243 e.